The molecule has 0 spiro atoms. The predicted octanol–water partition coefficient (Wildman–Crippen LogP) is 2.93. The Morgan fingerprint density at radius 3 is 2.68 bits per heavy atom. The molecular weight excluding hydrogens is 240 g/mol. The molecule has 1 rings (SSSR count). The van der Waals surface area contributed by atoms with Gasteiger partial charge in [0.1, 0.15) is 11.6 Å². The van der Waals surface area contributed by atoms with Gasteiger partial charge in [-0.1, -0.05) is 19.9 Å². The zero-order valence-corrected chi connectivity index (χ0v) is 12.0. The van der Waals surface area contributed by atoms with Crippen LogP contribution in [0.4, 0.5) is 0 Å². The molecule has 19 heavy (non-hydrogen) atoms. The van der Waals surface area contributed by atoms with Crippen molar-refractivity contribution in [2.45, 2.75) is 33.3 Å². The zero-order valence-electron chi connectivity index (χ0n) is 12.0. The van der Waals surface area contributed by atoms with Crippen LogP contribution < -0.4 is 10.5 Å². The quantitative estimate of drug-likeness (QED) is 0.431. The molecular formula is C15H24N2O2. The minimum Gasteiger partial charge on any atom is -0.496 e. The summed E-state index contributed by atoms with van der Waals surface area (Å²) in [7, 11) is 1.58. The van der Waals surface area contributed by atoms with Crippen molar-refractivity contribution < 1.29 is 9.47 Å². The normalized spacial score (nSPS) is 10.7. The molecule has 1 aromatic rings. The molecule has 0 fully saturated rings. The van der Waals surface area contributed by atoms with Crippen LogP contribution in [0.1, 0.15) is 37.8 Å². The van der Waals surface area contributed by atoms with Crippen LogP contribution in [-0.2, 0) is 11.3 Å². The largest absolute Gasteiger partial charge is 0.496 e. The summed E-state index contributed by atoms with van der Waals surface area (Å²) < 4.78 is 10.9. The highest BCUT2D eigenvalue weighted by Crippen LogP contribution is 2.20. The fraction of sp³-hybridized carbons (Fsp3) is 0.533. The van der Waals surface area contributed by atoms with E-state index in [0.717, 1.165) is 24.5 Å². The van der Waals surface area contributed by atoms with E-state index in [9.17, 15) is 0 Å². The summed E-state index contributed by atoms with van der Waals surface area (Å²) in [5, 5.41) is 7.45. The number of nitrogens with two attached hydrogens (primary N) is 1. The minimum atomic E-state index is 0.0150. The molecule has 0 heterocycles. The second kappa shape index (κ2) is 7.79. The molecule has 0 unspecified atom stereocenters. The summed E-state index contributed by atoms with van der Waals surface area (Å²) in [6.07, 6.45) is 2.27. The highest BCUT2D eigenvalue weighted by molar-refractivity contribution is 5.97. The van der Waals surface area contributed by atoms with Crippen molar-refractivity contribution in [2.24, 2.45) is 11.7 Å². The summed E-state index contributed by atoms with van der Waals surface area (Å²) in [5.74, 6) is 1.36. The lowest BCUT2D eigenvalue weighted by atomic mass is 10.1. The lowest BCUT2D eigenvalue weighted by Crippen LogP contribution is -2.12. The number of ether oxygens (including phenoxy) is 2. The SMILES string of the molecule is COc1cc(COCCCC(C)C)ccc1C(=N)N. The van der Waals surface area contributed by atoms with Gasteiger partial charge >= 0.3 is 0 Å². The Morgan fingerprint density at radius 2 is 2.11 bits per heavy atom. The molecule has 4 heteroatoms. The van der Waals surface area contributed by atoms with Gasteiger partial charge in [-0.2, -0.15) is 0 Å². The van der Waals surface area contributed by atoms with Crippen molar-refractivity contribution in [1.82, 2.24) is 0 Å². The Morgan fingerprint density at radius 1 is 1.37 bits per heavy atom. The molecule has 0 saturated heterocycles. The van der Waals surface area contributed by atoms with Gasteiger partial charge in [-0.25, -0.2) is 0 Å². The van der Waals surface area contributed by atoms with Gasteiger partial charge in [0.05, 0.1) is 19.3 Å². The van der Waals surface area contributed by atoms with Crippen LogP contribution in [0.2, 0.25) is 0 Å². The second-order valence-electron chi connectivity index (χ2n) is 5.04. The summed E-state index contributed by atoms with van der Waals surface area (Å²) in [4.78, 5) is 0. The van der Waals surface area contributed by atoms with Gasteiger partial charge in [-0.3, -0.25) is 5.41 Å². The summed E-state index contributed by atoms with van der Waals surface area (Å²) in [6, 6.07) is 5.59. The maximum absolute atomic E-state index is 7.45. The van der Waals surface area contributed by atoms with Gasteiger partial charge < -0.3 is 15.2 Å². The molecule has 0 aromatic heterocycles. The molecule has 3 N–H and O–H groups in total. The maximum atomic E-state index is 7.45. The first kappa shape index (κ1) is 15.5. The first-order chi connectivity index (χ1) is 9.04. The number of rotatable bonds is 8. The summed E-state index contributed by atoms with van der Waals surface area (Å²) in [6.45, 7) is 5.76. The van der Waals surface area contributed by atoms with Crippen molar-refractivity contribution in [3.05, 3.63) is 29.3 Å². The molecule has 0 radical (unpaired) electrons. The van der Waals surface area contributed by atoms with Crippen LogP contribution in [0.5, 0.6) is 5.75 Å². The topological polar surface area (TPSA) is 68.3 Å². The van der Waals surface area contributed by atoms with Crippen molar-refractivity contribution in [3.8, 4) is 5.75 Å². The third-order valence-electron chi connectivity index (χ3n) is 2.89. The van der Waals surface area contributed by atoms with Gasteiger partial charge in [-0.15, -0.1) is 0 Å². The van der Waals surface area contributed by atoms with Crippen molar-refractivity contribution in [3.63, 3.8) is 0 Å². The zero-order chi connectivity index (χ0) is 14.3. The first-order valence-electron chi connectivity index (χ1n) is 6.63. The lowest BCUT2D eigenvalue weighted by molar-refractivity contribution is 0.114. The van der Waals surface area contributed by atoms with Crippen LogP contribution >= 0.6 is 0 Å². The average molecular weight is 264 g/mol. The van der Waals surface area contributed by atoms with E-state index in [4.69, 9.17) is 20.6 Å². The maximum Gasteiger partial charge on any atom is 0.130 e. The van der Waals surface area contributed by atoms with Gasteiger partial charge in [-0.05, 0) is 36.5 Å². The fourth-order valence-corrected chi connectivity index (χ4v) is 1.83. The lowest BCUT2D eigenvalue weighted by Gasteiger charge is -2.10. The smallest absolute Gasteiger partial charge is 0.130 e. The van der Waals surface area contributed by atoms with Gasteiger partial charge in [0.15, 0.2) is 0 Å². The molecule has 0 aliphatic heterocycles. The monoisotopic (exact) mass is 264 g/mol. The van der Waals surface area contributed by atoms with E-state index in [0.29, 0.717) is 17.9 Å². The van der Waals surface area contributed by atoms with E-state index in [-0.39, 0.29) is 5.84 Å². The molecule has 0 atom stereocenters. The van der Waals surface area contributed by atoms with E-state index >= 15 is 0 Å². The Kier molecular flexibility index (Phi) is 6.36. The van der Waals surface area contributed by atoms with E-state index < -0.39 is 0 Å². The standard InChI is InChI=1S/C15H24N2O2/c1-11(2)5-4-8-19-10-12-6-7-13(15(16)17)14(9-12)18-3/h6-7,9,11H,4-5,8,10H2,1-3H3,(H3,16,17). The Labute approximate surface area is 115 Å². The van der Waals surface area contributed by atoms with Crippen molar-refractivity contribution >= 4 is 5.84 Å². The number of hydrogen-bond donors (Lipinski definition) is 2. The Hall–Kier alpha value is -1.55. The van der Waals surface area contributed by atoms with E-state index in [1.807, 2.05) is 12.1 Å². The van der Waals surface area contributed by atoms with Crippen LogP contribution in [-0.4, -0.2) is 19.6 Å². The molecule has 0 aliphatic rings. The number of methoxy groups -OCH3 is 1. The number of benzene rings is 1. The van der Waals surface area contributed by atoms with Crippen LogP contribution in [0, 0.1) is 11.3 Å². The highest BCUT2D eigenvalue weighted by Gasteiger charge is 2.07. The average Bonchev–Trinajstić information content (AvgIpc) is 2.37. The van der Waals surface area contributed by atoms with Crippen molar-refractivity contribution in [1.29, 1.82) is 5.41 Å². The molecule has 1 aromatic carbocycles. The molecule has 0 saturated carbocycles. The van der Waals surface area contributed by atoms with Gasteiger partial charge in [0.25, 0.3) is 0 Å². The summed E-state index contributed by atoms with van der Waals surface area (Å²) in [5.41, 5.74) is 7.13. The second-order valence-corrected chi connectivity index (χ2v) is 5.04. The minimum absolute atomic E-state index is 0.0150. The van der Waals surface area contributed by atoms with Gasteiger partial charge in [0.2, 0.25) is 0 Å². The van der Waals surface area contributed by atoms with Crippen LogP contribution in [0.25, 0.3) is 0 Å². The number of nitrogens with one attached hydrogen (secondary N) is 1. The van der Waals surface area contributed by atoms with E-state index in [2.05, 4.69) is 13.8 Å². The van der Waals surface area contributed by atoms with E-state index in [1.165, 1.54) is 6.42 Å². The number of hydrogen-bond acceptors (Lipinski definition) is 3. The Balaban J connectivity index is 2.49. The number of nitrogen functional groups attached to an aromatic ring is 1. The van der Waals surface area contributed by atoms with Gasteiger partial charge in [0, 0.05) is 6.61 Å². The van der Waals surface area contributed by atoms with Crippen LogP contribution in [0.15, 0.2) is 18.2 Å². The first-order valence-corrected chi connectivity index (χ1v) is 6.63. The number of amidine groups is 1. The van der Waals surface area contributed by atoms with Crippen molar-refractivity contribution in [2.75, 3.05) is 13.7 Å². The molecule has 0 aliphatic carbocycles. The van der Waals surface area contributed by atoms with E-state index in [1.54, 1.807) is 13.2 Å². The predicted molar refractivity (Wildman–Crippen MR) is 77.7 cm³/mol. The molecule has 0 bridgehead atoms. The third kappa shape index (κ3) is 5.30. The summed E-state index contributed by atoms with van der Waals surface area (Å²) >= 11 is 0. The fourth-order valence-electron chi connectivity index (χ4n) is 1.83. The molecule has 0 amide bonds. The third-order valence-corrected chi connectivity index (χ3v) is 2.89. The highest BCUT2D eigenvalue weighted by atomic mass is 16.5. The van der Waals surface area contributed by atoms with Crippen LogP contribution in [0.3, 0.4) is 0 Å². The Bertz CT molecular complexity index is 417. The molecule has 4 nitrogen and oxygen atoms in total. The molecule has 106 valence electrons.